The van der Waals surface area contributed by atoms with Crippen LogP contribution in [0.3, 0.4) is 0 Å². The van der Waals surface area contributed by atoms with Crippen LogP contribution in [0.5, 0.6) is 0 Å². The molecule has 3 heterocycles. The van der Waals surface area contributed by atoms with Gasteiger partial charge in [-0.15, -0.1) is 11.3 Å². The number of benzene rings is 1. The highest BCUT2D eigenvalue weighted by Crippen LogP contribution is 2.33. The second-order valence-corrected chi connectivity index (χ2v) is 9.31. The maximum atomic E-state index is 13.1. The maximum Gasteiger partial charge on any atom is 0.262 e. The highest BCUT2D eigenvalue weighted by atomic mass is 32.1. The molecule has 0 atom stereocenters. The van der Waals surface area contributed by atoms with Crippen LogP contribution in [0.2, 0.25) is 0 Å². The Morgan fingerprint density at radius 2 is 1.81 bits per heavy atom. The first-order chi connectivity index (χ1) is 15.1. The normalized spacial score (nSPS) is 16.5. The average Bonchev–Trinajstić information content (AvgIpc) is 3.18. The molecule has 0 N–H and O–H groups in total. The number of hydrogen-bond donors (Lipinski definition) is 0. The van der Waals surface area contributed by atoms with Crippen molar-refractivity contribution in [3.8, 4) is 0 Å². The van der Waals surface area contributed by atoms with Crippen molar-refractivity contribution in [1.82, 2.24) is 14.5 Å². The molecule has 3 aromatic rings. The molecule has 1 saturated heterocycles. The summed E-state index contributed by atoms with van der Waals surface area (Å²) in [5.41, 5.74) is 2.14. The van der Waals surface area contributed by atoms with Gasteiger partial charge >= 0.3 is 0 Å². The molecule has 0 bridgehead atoms. The molecule has 0 unspecified atom stereocenters. The minimum absolute atomic E-state index is 0.0154. The van der Waals surface area contributed by atoms with Gasteiger partial charge in [-0.1, -0.05) is 0 Å². The Kier molecular flexibility index (Phi) is 5.48. The van der Waals surface area contributed by atoms with E-state index < -0.39 is 0 Å². The number of hydrogen-bond acceptors (Lipinski definition) is 5. The van der Waals surface area contributed by atoms with E-state index in [1.165, 1.54) is 29.0 Å². The summed E-state index contributed by atoms with van der Waals surface area (Å²) in [5.74, 6) is -0.193. The zero-order valence-electron chi connectivity index (χ0n) is 17.3. The highest BCUT2D eigenvalue weighted by molar-refractivity contribution is 7.18. The number of anilines is 1. The summed E-state index contributed by atoms with van der Waals surface area (Å²) in [6.07, 6.45) is 6.17. The van der Waals surface area contributed by atoms with Crippen molar-refractivity contribution in [1.29, 1.82) is 0 Å². The number of fused-ring (bicyclic) bond motifs is 3. The monoisotopic (exact) mass is 440 g/mol. The van der Waals surface area contributed by atoms with E-state index in [9.17, 15) is 14.0 Å². The Balaban J connectivity index is 1.22. The van der Waals surface area contributed by atoms with Gasteiger partial charge in [-0.05, 0) is 55.5 Å². The molecule has 2 aromatic heterocycles. The molecule has 2 aliphatic rings. The summed E-state index contributed by atoms with van der Waals surface area (Å²) in [6, 6.07) is 6.46. The predicted octanol–water partition coefficient (Wildman–Crippen LogP) is 3.21. The van der Waals surface area contributed by atoms with E-state index in [1.54, 1.807) is 34.4 Å². The summed E-state index contributed by atoms with van der Waals surface area (Å²) in [6.45, 7) is 3.03. The number of carbonyl (C=O) groups is 1. The highest BCUT2D eigenvalue weighted by Gasteiger charge is 2.23. The molecule has 162 valence electrons. The third kappa shape index (κ3) is 3.96. The predicted molar refractivity (Wildman–Crippen MR) is 120 cm³/mol. The van der Waals surface area contributed by atoms with Crippen LogP contribution in [0.1, 0.15) is 29.7 Å². The third-order valence-electron chi connectivity index (χ3n) is 6.33. The number of carbonyl (C=O) groups excluding carboxylic acids is 1. The second kappa shape index (κ2) is 8.42. The van der Waals surface area contributed by atoms with Crippen molar-refractivity contribution in [3.63, 3.8) is 0 Å². The largest absolute Gasteiger partial charge is 0.368 e. The van der Waals surface area contributed by atoms with Crippen LogP contribution in [0, 0.1) is 5.82 Å². The molecule has 1 aliphatic carbocycles. The molecule has 1 fully saturated rings. The number of aryl methyl sites for hydroxylation is 3. The number of aromatic nitrogens is 2. The Hall–Kier alpha value is -2.74. The fraction of sp³-hybridized carbons (Fsp3) is 0.435. The number of rotatable bonds is 4. The molecular weight excluding hydrogens is 415 g/mol. The molecule has 0 radical (unpaired) electrons. The van der Waals surface area contributed by atoms with E-state index in [0.29, 0.717) is 32.7 Å². The van der Waals surface area contributed by atoms with E-state index in [-0.39, 0.29) is 23.7 Å². The third-order valence-corrected chi connectivity index (χ3v) is 7.53. The minimum atomic E-state index is -0.247. The van der Waals surface area contributed by atoms with Crippen LogP contribution in [0.25, 0.3) is 10.2 Å². The van der Waals surface area contributed by atoms with Gasteiger partial charge in [-0.2, -0.15) is 0 Å². The number of piperazine rings is 1. The van der Waals surface area contributed by atoms with Crippen LogP contribution >= 0.6 is 11.3 Å². The van der Waals surface area contributed by atoms with Crippen molar-refractivity contribution in [2.24, 2.45) is 0 Å². The Labute approximate surface area is 183 Å². The van der Waals surface area contributed by atoms with Crippen molar-refractivity contribution in [3.05, 3.63) is 57.2 Å². The van der Waals surface area contributed by atoms with Gasteiger partial charge in [0, 0.05) is 49.7 Å². The number of halogens is 1. The maximum absolute atomic E-state index is 13.1. The molecular formula is C23H25FN4O2S. The van der Waals surface area contributed by atoms with Gasteiger partial charge in [-0.25, -0.2) is 9.37 Å². The average molecular weight is 441 g/mol. The van der Waals surface area contributed by atoms with Crippen LogP contribution < -0.4 is 10.5 Å². The zero-order chi connectivity index (χ0) is 21.4. The summed E-state index contributed by atoms with van der Waals surface area (Å²) < 4.78 is 14.7. The Bertz CT molecular complexity index is 1160. The lowest BCUT2D eigenvalue weighted by atomic mass is 9.97. The van der Waals surface area contributed by atoms with Crippen molar-refractivity contribution in [2.45, 2.75) is 38.6 Å². The number of amides is 1. The lowest BCUT2D eigenvalue weighted by molar-refractivity contribution is -0.131. The van der Waals surface area contributed by atoms with Crippen LogP contribution in [0.15, 0.2) is 35.4 Å². The van der Waals surface area contributed by atoms with Gasteiger partial charge in [0.25, 0.3) is 5.56 Å². The van der Waals surface area contributed by atoms with Gasteiger partial charge in [0.05, 0.1) is 11.7 Å². The zero-order valence-corrected chi connectivity index (χ0v) is 18.2. The minimum Gasteiger partial charge on any atom is -0.368 e. The van der Waals surface area contributed by atoms with Gasteiger partial charge < -0.3 is 9.80 Å². The van der Waals surface area contributed by atoms with Gasteiger partial charge in [0.15, 0.2) is 0 Å². The smallest absolute Gasteiger partial charge is 0.262 e. The topological polar surface area (TPSA) is 58.4 Å². The molecule has 0 saturated carbocycles. The number of thiophene rings is 1. The Morgan fingerprint density at radius 3 is 2.58 bits per heavy atom. The summed E-state index contributed by atoms with van der Waals surface area (Å²) >= 11 is 1.64. The molecule has 1 amide bonds. The van der Waals surface area contributed by atoms with E-state index in [2.05, 4.69) is 9.88 Å². The van der Waals surface area contributed by atoms with Crippen LogP contribution in [0.4, 0.5) is 10.1 Å². The van der Waals surface area contributed by atoms with Crippen LogP contribution in [-0.4, -0.2) is 46.5 Å². The summed E-state index contributed by atoms with van der Waals surface area (Å²) in [7, 11) is 0. The summed E-state index contributed by atoms with van der Waals surface area (Å²) in [4.78, 5) is 36.4. The van der Waals surface area contributed by atoms with Gasteiger partial charge in [0.2, 0.25) is 5.91 Å². The SMILES string of the molecule is O=C(CCn1cnc2sc3c(c2c1=O)CCCC3)N1CCN(c2ccc(F)cc2)CC1. The van der Waals surface area contributed by atoms with Gasteiger partial charge in [0.1, 0.15) is 10.6 Å². The van der Waals surface area contributed by atoms with Gasteiger partial charge in [-0.3, -0.25) is 14.2 Å². The lowest BCUT2D eigenvalue weighted by Gasteiger charge is -2.36. The van der Waals surface area contributed by atoms with Crippen molar-refractivity contribution in [2.75, 3.05) is 31.1 Å². The first-order valence-electron chi connectivity index (χ1n) is 10.9. The molecule has 0 spiro atoms. The molecule has 6 nitrogen and oxygen atoms in total. The standard InChI is InChI=1S/C23H25FN4O2S/c24-16-5-7-17(8-6-16)26-11-13-27(14-12-26)20(29)9-10-28-15-25-22-21(23(28)30)18-3-1-2-4-19(18)31-22/h5-8,15H,1-4,9-14H2. The summed E-state index contributed by atoms with van der Waals surface area (Å²) in [5, 5.41) is 0.766. The lowest BCUT2D eigenvalue weighted by Crippen LogP contribution is -2.49. The molecule has 8 heteroatoms. The Morgan fingerprint density at radius 1 is 1.06 bits per heavy atom. The first-order valence-corrected chi connectivity index (χ1v) is 11.7. The van der Waals surface area contributed by atoms with Crippen molar-refractivity contribution < 1.29 is 9.18 Å². The quantitative estimate of drug-likeness (QED) is 0.625. The van der Waals surface area contributed by atoms with E-state index in [0.717, 1.165) is 35.2 Å². The van der Waals surface area contributed by atoms with E-state index >= 15 is 0 Å². The van der Waals surface area contributed by atoms with Crippen molar-refractivity contribution >= 4 is 33.1 Å². The molecule has 1 aromatic carbocycles. The molecule has 5 rings (SSSR count). The van der Waals surface area contributed by atoms with E-state index in [1.807, 2.05) is 4.90 Å². The molecule has 31 heavy (non-hydrogen) atoms. The van der Waals surface area contributed by atoms with Crippen LogP contribution in [-0.2, 0) is 24.2 Å². The first kappa shape index (κ1) is 20.2. The molecule has 1 aliphatic heterocycles. The fourth-order valence-electron chi connectivity index (χ4n) is 4.58. The van der Waals surface area contributed by atoms with E-state index in [4.69, 9.17) is 0 Å². The second-order valence-electron chi connectivity index (χ2n) is 8.23. The number of nitrogens with zero attached hydrogens (tertiary/aromatic N) is 4. The fourth-order valence-corrected chi connectivity index (χ4v) is 5.80.